The molecule has 0 saturated carbocycles. The number of hydrogen-bond donors (Lipinski definition) is 1. The molecule has 0 aliphatic rings. The van der Waals surface area contributed by atoms with Crippen LogP contribution in [0.25, 0.3) is 0 Å². The predicted octanol–water partition coefficient (Wildman–Crippen LogP) is 4.22. The van der Waals surface area contributed by atoms with Gasteiger partial charge in [-0.1, -0.05) is 6.07 Å². The smallest absolute Gasteiger partial charge is 0.261 e. The summed E-state index contributed by atoms with van der Waals surface area (Å²) in [5.41, 5.74) is 0.940. The van der Waals surface area contributed by atoms with Crippen molar-refractivity contribution in [2.24, 2.45) is 0 Å². The Morgan fingerprint density at radius 3 is 2.48 bits per heavy atom. The molecule has 0 fully saturated rings. The topological polar surface area (TPSA) is 47.6 Å². The number of carbonyl (C=O) groups excluding carboxylic acids is 1. The molecular weight excluding hydrogens is 422 g/mol. The zero-order chi connectivity index (χ0) is 15.4. The second-order valence-corrected chi connectivity index (χ2v) is 7.33. The van der Waals surface area contributed by atoms with E-state index in [1.807, 2.05) is 18.2 Å². The average Bonchev–Trinajstić information content (AvgIpc) is 2.84. The maximum atomic E-state index is 12.1. The number of thiophene rings is 1. The fraction of sp³-hybridized carbons (Fsp3) is 0.214. The van der Waals surface area contributed by atoms with Gasteiger partial charge in [-0.3, -0.25) is 4.79 Å². The molecule has 0 aliphatic carbocycles. The Labute approximate surface area is 143 Å². The molecule has 112 valence electrons. The lowest BCUT2D eigenvalue weighted by atomic mass is 10.2. The van der Waals surface area contributed by atoms with Gasteiger partial charge in [0.1, 0.15) is 0 Å². The van der Waals surface area contributed by atoms with Gasteiger partial charge in [0.05, 0.1) is 22.9 Å². The Balaban J connectivity index is 2.04. The molecule has 1 heterocycles. The maximum Gasteiger partial charge on any atom is 0.261 e. The highest BCUT2D eigenvalue weighted by atomic mass is 79.9. The fourth-order valence-electron chi connectivity index (χ4n) is 1.72. The Morgan fingerprint density at radius 1 is 1.19 bits per heavy atom. The standard InChI is InChI=1S/C14H13Br2NO3S/c1-19-10-4-3-8(5-11(10)20-2)7-17-14(18)12-6-9(15)13(16)21-12/h3-6H,7H2,1-2H3,(H,17,18). The second-order valence-electron chi connectivity index (χ2n) is 4.10. The van der Waals surface area contributed by atoms with Crippen LogP contribution in [0, 0.1) is 0 Å². The summed E-state index contributed by atoms with van der Waals surface area (Å²) in [6.45, 7) is 0.423. The number of methoxy groups -OCH3 is 2. The quantitative estimate of drug-likeness (QED) is 0.766. The Morgan fingerprint density at radius 2 is 1.90 bits per heavy atom. The van der Waals surface area contributed by atoms with E-state index in [1.165, 1.54) is 11.3 Å². The number of hydrogen-bond acceptors (Lipinski definition) is 4. The molecule has 21 heavy (non-hydrogen) atoms. The van der Waals surface area contributed by atoms with Crippen LogP contribution in [-0.2, 0) is 6.54 Å². The lowest BCUT2D eigenvalue weighted by molar-refractivity contribution is 0.0955. The monoisotopic (exact) mass is 433 g/mol. The first kappa shape index (κ1) is 16.3. The van der Waals surface area contributed by atoms with Crippen LogP contribution >= 0.6 is 43.2 Å². The SMILES string of the molecule is COc1ccc(CNC(=O)c2cc(Br)c(Br)s2)cc1OC. The van der Waals surface area contributed by atoms with E-state index in [1.54, 1.807) is 20.3 Å². The third-order valence-electron chi connectivity index (χ3n) is 2.77. The van der Waals surface area contributed by atoms with Gasteiger partial charge in [0.25, 0.3) is 5.91 Å². The van der Waals surface area contributed by atoms with E-state index in [-0.39, 0.29) is 5.91 Å². The molecule has 1 aromatic heterocycles. The van der Waals surface area contributed by atoms with E-state index >= 15 is 0 Å². The fourth-order valence-corrected chi connectivity index (χ4v) is 3.67. The van der Waals surface area contributed by atoms with Gasteiger partial charge in [0.2, 0.25) is 0 Å². The third-order valence-corrected chi connectivity index (χ3v) is 6.02. The summed E-state index contributed by atoms with van der Waals surface area (Å²) in [6.07, 6.45) is 0. The number of nitrogens with one attached hydrogen (secondary N) is 1. The summed E-state index contributed by atoms with van der Waals surface area (Å²) in [6, 6.07) is 7.35. The zero-order valence-corrected chi connectivity index (χ0v) is 15.4. The Bertz CT molecular complexity index is 638. The highest BCUT2D eigenvalue weighted by Crippen LogP contribution is 2.32. The molecule has 1 amide bonds. The summed E-state index contributed by atoms with van der Waals surface area (Å²) in [4.78, 5) is 12.7. The molecule has 1 N–H and O–H groups in total. The van der Waals surface area contributed by atoms with Crippen molar-refractivity contribution in [2.75, 3.05) is 14.2 Å². The van der Waals surface area contributed by atoms with E-state index in [0.29, 0.717) is 22.9 Å². The van der Waals surface area contributed by atoms with Crippen LogP contribution in [0.5, 0.6) is 11.5 Å². The lowest BCUT2D eigenvalue weighted by Gasteiger charge is -2.10. The van der Waals surface area contributed by atoms with Crippen molar-refractivity contribution in [1.82, 2.24) is 5.32 Å². The van der Waals surface area contributed by atoms with E-state index in [9.17, 15) is 4.79 Å². The molecule has 2 rings (SSSR count). The van der Waals surface area contributed by atoms with Crippen molar-refractivity contribution in [1.29, 1.82) is 0 Å². The summed E-state index contributed by atoms with van der Waals surface area (Å²) in [5.74, 6) is 1.20. The molecule has 7 heteroatoms. The molecule has 2 aromatic rings. The second kappa shape index (κ2) is 7.29. The van der Waals surface area contributed by atoms with Crippen molar-refractivity contribution in [3.8, 4) is 11.5 Å². The molecular formula is C14H13Br2NO3S. The average molecular weight is 435 g/mol. The minimum atomic E-state index is -0.110. The van der Waals surface area contributed by atoms with Crippen molar-refractivity contribution < 1.29 is 14.3 Å². The molecule has 0 aliphatic heterocycles. The van der Waals surface area contributed by atoms with Crippen molar-refractivity contribution in [2.45, 2.75) is 6.54 Å². The van der Waals surface area contributed by atoms with Crippen LogP contribution in [0.1, 0.15) is 15.2 Å². The van der Waals surface area contributed by atoms with E-state index in [0.717, 1.165) is 13.8 Å². The van der Waals surface area contributed by atoms with Gasteiger partial charge in [-0.2, -0.15) is 0 Å². The van der Waals surface area contributed by atoms with E-state index in [2.05, 4.69) is 37.2 Å². The number of ether oxygens (including phenoxy) is 2. The molecule has 0 atom stereocenters. The van der Waals surface area contributed by atoms with Gasteiger partial charge in [0.15, 0.2) is 11.5 Å². The first-order chi connectivity index (χ1) is 10.0. The van der Waals surface area contributed by atoms with Crippen molar-refractivity contribution in [3.05, 3.63) is 43.0 Å². The summed E-state index contributed by atoms with van der Waals surface area (Å²) in [5, 5.41) is 2.88. The number of benzene rings is 1. The minimum Gasteiger partial charge on any atom is -0.493 e. The van der Waals surface area contributed by atoms with Crippen molar-refractivity contribution in [3.63, 3.8) is 0 Å². The normalized spacial score (nSPS) is 10.3. The van der Waals surface area contributed by atoms with Crippen LogP contribution in [0.15, 0.2) is 32.5 Å². The molecule has 0 spiro atoms. The van der Waals surface area contributed by atoms with Crippen LogP contribution in [0.4, 0.5) is 0 Å². The molecule has 4 nitrogen and oxygen atoms in total. The van der Waals surface area contributed by atoms with E-state index in [4.69, 9.17) is 9.47 Å². The first-order valence-electron chi connectivity index (χ1n) is 5.99. The minimum absolute atomic E-state index is 0.110. The van der Waals surface area contributed by atoms with Crippen LogP contribution in [-0.4, -0.2) is 20.1 Å². The summed E-state index contributed by atoms with van der Waals surface area (Å²) in [7, 11) is 3.17. The number of rotatable bonds is 5. The van der Waals surface area contributed by atoms with Crippen LogP contribution < -0.4 is 14.8 Å². The Hall–Kier alpha value is -1.05. The van der Waals surface area contributed by atoms with E-state index < -0.39 is 0 Å². The predicted molar refractivity (Wildman–Crippen MR) is 90.4 cm³/mol. The zero-order valence-electron chi connectivity index (χ0n) is 11.4. The first-order valence-corrected chi connectivity index (χ1v) is 8.39. The highest BCUT2D eigenvalue weighted by Gasteiger charge is 2.12. The molecule has 0 bridgehead atoms. The maximum absolute atomic E-state index is 12.1. The highest BCUT2D eigenvalue weighted by molar-refractivity contribution is 9.13. The molecule has 1 aromatic carbocycles. The molecule has 0 unspecified atom stereocenters. The van der Waals surface area contributed by atoms with Gasteiger partial charge in [-0.25, -0.2) is 0 Å². The van der Waals surface area contributed by atoms with Gasteiger partial charge in [-0.15, -0.1) is 11.3 Å². The number of carbonyl (C=O) groups is 1. The summed E-state index contributed by atoms with van der Waals surface area (Å²) >= 11 is 8.13. The van der Waals surface area contributed by atoms with Crippen LogP contribution in [0.3, 0.4) is 0 Å². The molecule has 0 radical (unpaired) electrons. The largest absolute Gasteiger partial charge is 0.493 e. The van der Waals surface area contributed by atoms with Crippen molar-refractivity contribution >= 4 is 49.1 Å². The summed E-state index contributed by atoms with van der Waals surface area (Å²) < 4.78 is 12.2. The molecule has 0 saturated heterocycles. The van der Waals surface area contributed by atoms with Gasteiger partial charge >= 0.3 is 0 Å². The van der Waals surface area contributed by atoms with Gasteiger partial charge in [-0.05, 0) is 55.6 Å². The van der Waals surface area contributed by atoms with Crippen LogP contribution in [0.2, 0.25) is 0 Å². The lowest BCUT2D eigenvalue weighted by Crippen LogP contribution is -2.21. The number of halogens is 2. The Kier molecular flexibility index (Phi) is 5.66. The van der Waals surface area contributed by atoms with Gasteiger partial charge < -0.3 is 14.8 Å². The third kappa shape index (κ3) is 3.99. The number of amides is 1. The van der Waals surface area contributed by atoms with Gasteiger partial charge in [0, 0.05) is 11.0 Å².